The van der Waals surface area contributed by atoms with Crippen LogP contribution >= 0.6 is 24.0 Å². The second-order valence-electron chi connectivity index (χ2n) is 5.38. The molecule has 0 bridgehead atoms. The SMILES string of the molecule is Cl.O=S(=O)(NCC1NCCc2ccccc21)c1cc(F)ccc1Cl. The molecule has 2 N–H and O–H groups in total. The lowest BCUT2D eigenvalue weighted by Gasteiger charge is -2.27. The molecule has 0 saturated carbocycles. The molecule has 1 unspecified atom stereocenters. The zero-order valence-corrected chi connectivity index (χ0v) is 15.0. The normalized spacial score (nSPS) is 17.0. The summed E-state index contributed by atoms with van der Waals surface area (Å²) in [5.74, 6) is -0.643. The van der Waals surface area contributed by atoms with Crippen LogP contribution in [-0.2, 0) is 16.4 Å². The summed E-state index contributed by atoms with van der Waals surface area (Å²) in [6, 6.07) is 11.1. The molecule has 0 amide bonds. The molecule has 130 valence electrons. The number of rotatable bonds is 4. The van der Waals surface area contributed by atoms with Gasteiger partial charge in [0.2, 0.25) is 10.0 Å². The van der Waals surface area contributed by atoms with Crippen molar-refractivity contribution in [1.29, 1.82) is 0 Å². The predicted molar refractivity (Wildman–Crippen MR) is 94.7 cm³/mol. The Hall–Kier alpha value is -1.18. The van der Waals surface area contributed by atoms with Crippen molar-refractivity contribution < 1.29 is 12.8 Å². The zero-order valence-electron chi connectivity index (χ0n) is 12.6. The van der Waals surface area contributed by atoms with E-state index < -0.39 is 15.8 Å². The van der Waals surface area contributed by atoms with Crippen LogP contribution < -0.4 is 10.0 Å². The molecule has 0 aromatic heterocycles. The van der Waals surface area contributed by atoms with Crippen molar-refractivity contribution in [3.8, 4) is 0 Å². The van der Waals surface area contributed by atoms with Crippen molar-refractivity contribution >= 4 is 34.0 Å². The molecule has 2 aromatic carbocycles. The number of fused-ring (bicyclic) bond motifs is 1. The number of benzene rings is 2. The summed E-state index contributed by atoms with van der Waals surface area (Å²) in [5.41, 5.74) is 2.28. The summed E-state index contributed by atoms with van der Waals surface area (Å²) in [4.78, 5) is -0.247. The van der Waals surface area contributed by atoms with E-state index in [-0.39, 0.29) is 34.9 Å². The summed E-state index contributed by atoms with van der Waals surface area (Å²) < 4.78 is 40.6. The lowest BCUT2D eigenvalue weighted by molar-refractivity contribution is 0.491. The Labute approximate surface area is 151 Å². The van der Waals surface area contributed by atoms with Crippen molar-refractivity contribution in [1.82, 2.24) is 10.0 Å². The number of halogens is 3. The molecule has 0 spiro atoms. The summed E-state index contributed by atoms with van der Waals surface area (Å²) in [6.45, 7) is 0.955. The van der Waals surface area contributed by atoms with Gasteiger partial charge in [-0.2, -0.15) is 0 Å². The van der Waals surface area contributed by atoms with Crippen molar-refractivity contribution in [2.75, 3.05) is 13.1 Å². The molecule has 4 nitrogen and oxygen atoms in total. The van der Waals surface area contributed by atoms with Crippen molar-refractivity contribution in [2.45, 2.75) is 17.4 Å². The van der Waals surface area contributed by atoms with E-state index in [1.165, 1.54) is 11.6 Å². The quantitative estimate of drug-likeness (QED) is 0.843. The third kappa shape index (κ3) is 4.07. The zero-order chi connectivity index (χ0) is 16.4. The van der Waals surface area contributed by atoms with Gasteiger partial charge in [-0.25, -0.2) is 17.5 Å². The Balaban J connectivity index is 0.00000208. The lowest BCUT2D eigenvalue weighted by atomic mass is 9.95. The second kappa shape index (κ2) is 7.80. The van der Waals surface area contributed by atoms with E-state index in [0.29, 0.717) is 0 Å². The van der Waals surface area contributed by atoms with Gasteiger partial charge in [0.15, 0.2) is 0 Å². The number of nitrogens with one attached hydrogen (secondary N) is 2. The maximum Gasteiger partial charge on any atom is 0.242 e. The highest BCUT2D eigenvalue weighted by atomic mass is 35.5. The highest BCUT2D eigenvalue weighted by Gasteiger charge is 2.23. The van der Waals surface area contributed by atoms with Gasteiger partial charge in [0.25, 0.3) is 0 Å². The van der Waals surface area contributed by atoms with E-state index in [4.69, 9.17) is 11.6 Å². The van der Waals surface area contributed by atoms with E-state index in [1.54, 1.807) is 0 Å². The van der Waals surface area contributed by atoms with Gasteiger partial charge in [-0.3, -0.25) is 0 Å². The number of sulfonamides is 1. The van der Waals surface area contributed by atoms with Gasteiger partial charge in [-0.15, -0.1) is 12.4 Å². The Morgan fingerprint density at radius 3 is 2.79 bits per heavy atom. The summed E-state index contributed by atoms with van der Waals surface area (Å²) in [5, 5.41) is 3.29. The van der Waals surface area contributed by atoms with Crippen LogP contribution in [0.25, 0.3) is 0 Å². The summed E-state index contributed by atoms with van der Waals surface area (Å²) in [6.07, 6.45) is 0.912. The minimum atomic E-state index is -3.88. The average molecular weight is 391 g/mol. The van der Waals surface area contributed by atoms with Crippen LogP contribution in [0.1, 0.15) is 17.2 Å². The molecule has 0 radical (unpaired) electrons. The van der Waals surface area contributed by atoms with E-state index in [9.17, 15) is 12.8 Å². The maximum atomic E-state index is 13.3. The minimum Gasteiger partial charge on any atom is -0.308 e. The number of hydrogen-bond donors (Lipinski definition) is 2. The number of hydrogen-bond acceptors (Lipinski definition) is 3. The standard InChI is InChI=1S/C16H16ClFN2O2S.ClH/c17-14-6-5-12(18)9-16(14)23(21,22)20-10-15-13-4-2-1-3-11(13)7-8-19-15;/h1-6,9,15,19-20H,7-8,10H2;1H. The van der Waals surface area contributed by atoms with E-state index in [1.807, 2.05) is 24.3 Å². The highest BCUT2D eigenvalue weighted by molar-refractivity contribution is 7.89. The molecule has 0 aliphatic carbocycles. The van der Waals surface area contributed by atoms with E-state index in [2.05, 4.69) is 10.0 Å². The van der Waals surface area contributed by atoms with E-state index in [0.717, 1.165) is 30.7 Å². The van der Waals surface area contributed by atoms with Gasteiger partial charge < -0.3 is 5.32 Å². The fourth-order valence-electron chi connectivity index (χ4n) is 2.73. The molecule has 1 heterocycles. The molecule has 3 rings (SSSR count). The van der Waals surface area contributed by atoms with Crippen LogP contribution in [0.4, 0.5) is 4.39 Å². The van der Waals surface area contributed by atoms with Gasteiger partial charge in [-0.1, -0.05) is 35.9 Å². The van der Waals surface area contributed by atoms with Gasteiger partial charge in [-0.05, 0) is 42.3 Å². The molecule has 8 heteroatoms. The third-order valence-electron chi connectivity index (χ3n) is 3.88. The molecular formula is C16H17Cl2FN2O2S. The Morgan fingerprint density at radius 2 is 2.00 bits per heavy atom. The molecule has 24 heavy (non-hydrogen) atoms. The van der Waals surface area contributed by atoms with Crippen LogP contribution in [0, 0.1) is 5.82 Å². The van der Waals surface area contributed by atoms with Crippen LogP contribution in [0.15, 0.2) is 47.4 Å². The summed E-state index contributed by atoms with van der Waals surface area (Å²) in [7, 11) is -3.88. The second-order valence-corrected chi connectivity index (χ2v) is 7.52. The molecule has 0 saturated heterocycles. The third-order valence-corrected chi connectivity index (χ3v) is 5.78. The van der Waals surface area contributed by atoms with Crippen LogP contribution in [0.2, 0.25) is 5.02 Å². The first-order chi connectivity index (χ1) is 11.0. The first kappa shape index (κ1) is 19.1. The van der Waals surface area contributed by atoms with Crippen LogP contribution in [0.3, 0.4) is 0 Å². The molecular weight excluding hydrogens is 374 g/mol. The van der Waals surface area contributed by atoms with Gasteiger partial charge in [0, 0.05) is 12.6 Å². The smallest absolute Gasteiger partial charge is 0.242 e. The van der Waals surface area contributed by atoms with Gasteiger partial charge >= 0.3 is 0 Å². The average Bonchev–Trinajstić information content (AvgIpc) is 2.55. The molecule has 1 aliphatic heterocycles. The lowest BCUT2D eigenvalue weighted by Crippen LogP contribution is -2.38. The largest absolute Gasteiger partial charge is 0.308 e. The maximum absolute atomic E-state index is 13.3. The van der Waals surface area contributed by atoms with Gasteiger partial charge in [0.1, 0.15) is 10.7 Å². The van der Waals surface area contributed by atoms with Gasteiger partial charge in [0.05, 0.1) is 5.02 Å². The fourth-order valence-corrected chi connectivity index (χ4v) is 4.29. The Bertz CT molecular complexity index is 831. The molecule has 0 fully saturated rings. The molecule has 2 aromatic rings. The summed E-state index contributed by atoms with van der Waals surface area (Å²) >= 11 is 5.88. The first-order valence-electron chi connectivity index (χ1n) is 7.23. The topological polar surface area (TPSA) is 58.2 Å². The van der Waals surface area contributed by atoms with Crippen LogP contribution in [-0.4, -0.2) is 21.5 Å². The minimum absolute atomic E-state index is 0. The van der Waals surface area contributed by atoms with Crippen molar-refractivity contribution in [3.63, 3.8) is 0 Å². The van der Waals surface area contributed by atoms with Crippen molar-refractivity contribution in [3.05, 3.63) is 64.4 Å². The molecule has 1 atom stereocenters. The highest BCUT2D eigenvalue weighted by Crippen LogP contribution is 2.24. The fraction of sp³-hybridized carbons (Fsp3) is 0.250. The van der Waals surface area contributed by atoms with Crippen LogP contribution in [0.5, 0.6) is 0 Å². The van der Waals surface area contributed by atoms with E-state index >= 15 is 0 Å². The first-order valence-corrected chi connectivity index (χ1v) is 9.09. The Kier molecular flexibility index (Phi) is 6.22. The predicted octanol–water partition coefficient (Wildman–Crippen LogP) is 3.07. The Morgan fingerprint density at radius 1 is 1.25 bits per heavy atom. The monoisotopic (exact) mass is 390 g/mol. The molecule has 1 aliphatic rings. The van der Waals surface area contributed by atoms with Crippen molar-refractivity contribution in [2.24, 2.45) is 0 Å².